The van der Waals surface area contributed by atoms with Crippen molar-refractivity contribution in [2.75, 3.05) is 18.5 Å². The highest BCUT2D eigenvalue weighted by atomic mass is 32.1. The summed E-state index contributed by atoms with van der Waals surface area (Å²) in [5, 5.41) is 7.67. The summed E-state index contributed by atoms with van der Waals surface area (Å²) in [6.45, 7) is 1.79. The molecule has 0 amide bonds. The molecular formula is C9H13NOS. The second kappa shape index (κ2) is 3.92. The van der Waals surface area contributed by atoms with Crippen LogP contribution in [0.25, 0.3) is 0 Å². The van der Waals surface area contributed by atoms with E-state index < -0.39 is 0 Å². The molecule has 2 nitrogen and oxygen atoms in total. The lowest BCUT2D eigenvalue weighted by Crippen LogP contribution is -2.29. The van der Waals surface area contributed by atoms with E-state index in [1.54, 1.807) is 11.3 Å². The van der Waals surface area contributed by atoms with Crippen LogP contribution in [0.15, 0.2) is 16.8 Å². The average molecular weight is 183 g/mol. The minimum Gasteiger partial charge on any atom is -0.379 e. The van der Waals surface area contributed by atoms with Gasteiger partial charge in [-0.15, -0.1) is 0 Å². The molecule has 0 bridgehead atoms. The smallest absolute Gasteiger partial charge is 0.0667 e. The van der Waals surface area contributed by atoms with Gasteiger partial charge in [-0.2, -0.15) is 11.3 Å². The first-order valence-electron chi connectivity index (χ1n) is 4.31. The Balaban J connectivity index is 1.86. The molecular weight excluding hydrogens is 170 g/mol. The van der Waals surface area contributed by atoms with Gasteiger partial charge < -0.3 is 10.1 Å². The monoisotopic (exact) mass is 183 g/mol. The maximum atomic E-state index is 5.37. The van der Waals surface area contributed by atoms with Crippen LogP contribution in [0.4, 0.5) is 5.69 Å². The Morgan fingerprint density at radius 2 is 2.58 bits per heavy atom. The zero-order valence-corrected chi connectivity index (χ0v) is 7.77. The van der Waals surface area contributed by atoms with Gasteiger partial charge >= 0.3 is 0 Å². The third-order valence-electron chi connectivity index (χ3n) is 2.05. The Bertz CT molecular complexity index is 216. The zero-order chi connectivity index (χ0) is 8.23. The molecule has 0 saturated carbocycles. The van der Waals surface area contributed by atoms with Crippen molar-refractivity contribution >= 4 is 17.0 Å². The molecule has 1 aromatic heterocycles. The molecule has 0 aromatic carbocycles. The third-order valence-corrected chi connectivity index (χ3v) is 2.74. The first kappa shape index (κ1) is 8.08. The van der Waals surface area contributed by atoms with Crippen LogP contribution in [0.2, 0.25) is 0 Å². The molecule has 2 heterocycles. The van der Waals surface area contributed by atoms with E-state index in [0.29, 0.717) is 6.04 Å². The van der Waals surface area contributed by atoms with Crippen LogP contribution in [0, 0.1) is 0 Å². The van der Waals surface area contributed by atoms with Gasteiger partial charge in [0.1, 0.15) is 0 Å². The lowest BCUT2D eigenvalue weighted by Gasteiger charge is -2.23. The summed E-state index contributed by atoms with van der Waals surface area (Å²) >= 11 is 1.72. The number of anilines is 1. The number of hydrogen-bond acceptors (Lipinski definition) is 3. The maximum Gasteiger partial charge on any atom is 0.0667 e. The number of ether oxygens (including phenoxy) is 1. The lowest BCUT2D eigenvalue weighted by atomic mass is 10.1. The Hall–Kier alpha value is -0.540. The van der Waals surface area contributed by atoms with Crippen LogP contribution >= 0.6 is 11.3 Å². The van der Waals surface area contributed by atoms with E-state index in [1.807, 2.05) is 0 Å². The van der Waals surface area contributed by atoms with Gasteiger partial charge in [0.25, 0.3) is 0 Å². The highest BCUT2D eigenvalue weighted by Gasteiger charge is 2.12. The fourth-order valence-electron chi connectivity index (χ4n) is 1.44. The summed E-state index contributed by atoms with van der Waals surface area (Å²) in [6.07, 6.45) is 2.41. The largest absolute Gasteiger partial charge is 0.379 e. The Labute approximate surface area is 76.6 Å². The second-order valence-corrected chi connectivity index (χ2v) is 3.85. The normalized spacial score (nSPS) is 23.8. The van der Waals surface area contributed by atoms with E-state index >= 15 is 0 Å². The average Bonchev–Trinajstić information content (AvgIpc) is 2.59. The van der Waals surface area contributed by atoms with E-state index in [4.69, 9.17) is 4.74 Å². The quantitative estimate of drug-likeness (QED) is 0.760. The molecule has 1 aromatic rings. The summed E-state index contributed by atoms with van der Waals surface area (Å²) in [4.78, 5) is 0. The molecule has 1 aliphatic rings. The molecule has 1 N–H and O–H groups in total. The van der Waals surface area contributed by atoms with Gasteiger partial charge in [0.15, 0.2) is 0 Å². The highest BCUT2D eigenvalue weighted by molar-refractivity contribution is 7.08. The second-order valence-electron chi connectivity index (χ2n) is 3.07. The molecule has 1 unspecified atom stereocenters. The van der Waals surface area contributed by atoms with Gasteiger partial charge in [0.05, 0.1) is 6.61 Å². The Kier molecular flexibility index (Phi) is 2.64. The fourth-order valence-corrected chi connectivity index (χ4v) is 2.03. The van der Waals surface area contributed by atoms with Crippen molar-refractivity contribution in [2.24, 2.45) is 0 Å². The Morgan fingerprint density at radius 3 is 3.25 bits per heavy atom. The van der Waals surface area contributed by atoms with Gasteiger partial charge in [-0.3, -0.25) is 0 Å². The van der Waals surface area contributed by atoms with Crippen molar-refractivity contribution in [3.8, 4) is 0 Å². The molecule has 1 fully saturated rings. The molecule has 0 spiro atoms. The first-order valence-corrected chi connectivity index (χ1v) is 5.26. The van der Waals surface area contributed by atoms with E-state index in [0.717, 1.165) is 13.2 Å². The third kappa shape index (κ3) is 1.99. The predicted octanol–water partition coefficient (Wildman–Crippen LogP) is 2.34. The summed E-state index contributed by atoms with van der Waals surface area (Å²) in [7, 11) is 0. The van der Waals surface area contributed by atoms with Gasteiger partial charge in [-0.25, -0.2) is 0 Å². The van der Waals surface area contributed by atoms with Crippen molar-refractivity contribution in [1.29, 1.82) is 0 Å². The van der Waals surface area contributed by atoms with E-state index in [2.05, 4.69) is 22.1 Å². The number of thiophene rings is 1. The molecule has 66 valence electrons. The maximum absolute atomic E-state index is 5.37. The van der Waals surface area contributed by atoms with Crippen LogP contribution in [-0.2, 0) is 4.74 Å². The minimum atomic E-state index is 0.522. The van der Waals surface area contributed by atoms with Gasteiger partial charge in [0, 0.05) is 23.7 Å². The fraction of sp³-hybridized carbons (Fsp3) is 0.556. The van der Waals surface area contributed by atoms with Crippen molar-refractivity contribution < 1.29 is 4.74 Å². The molecule has 0 aliphatic carbocycles. The minimum absolute atomic E-state index is 0.522. The van der Waals surface area contributed by atoms with Crippen molar-refractivity contribution in [3.63, 3.8) is 0 Å². The van der Waals surface area contributed by atoms with E-state index in [9.17, 15) is 0 Å². The number of hydrogen-bond donors (Lipinski definition) is 1. The van der Waals surface area contributed by atoms with Crippen molar-refractivity contribution in [3.05, 3.63) is 16.8 Å². The van der Waals surface area contributed by atoms with Gasteiger partial charge in [-0.05, 0) is 24.3 Å². The van der Waals surface area contributed by atoms with Crippen LogP contribution in [0.5, 0.6) is 0 Å². The van der Waals surface area contributed by atoms with Crippen LogP contribution in [0.3, 0.4) is 0 Å². The van der Waals surface area contributed by atoms with Crippen LogP contribution in [0.1, 0.15) is 12.8 Å². The molecule has 12 heavy (non-hydrogen) atoms. The molecule has 3 heteroatoms. The number of nitrogens with one attached hydrogen (secondary N) is 1. The molecule has 0 radical (unpaired) electrons. The summed E-state index contributed by atoms with van der Waals surface area (Å²) in [5.41, 5.74) is 1.23. The van der Waals surface area contributed by atoms with E-state index in [-0.39, 0.29) is 0 Å². The summed E-state index contributed by atoms with van der Waals surface area (Å²) < 4.78 is 5.37. The topological polar surface area (TPSA) is 21.3 Å². The van der Waals surface area contributed by atoms with E-state index in [1.165, 1.54) is 18.5 Å². The number of rotatable bonds is 2. The summed E-state index contributed by atoms with van der Waals surface area (Å²) in [5.74, 6) is 0. The van der Waals surface area contributed by atoms with Gasteiger partial charge in [-0.1, -0.05) is 0 Å². The van der Waals surface area contributed by atoms with Crippen molar-refractivity contribution in [2.45, 2.75) is 18.9 Å². The molecule has 1 aliphatic heterocycles. The lowest BCUT2D eigenvalue weighted by molar-refractivity contribution is 0.0876. The predicted molar refractivity (Wildman–Crippen MR) is 51.8 cm³/mol. The highest BCUT2D eigenvalue weighted by Crippen LogP contribution is 2.16. The Morgan fingerprint density at radius 1 is 1.58 bits per heavy atom. The summed E-state index contributed by atoms with van der Waals surface area (Å²) in [6, 6.07) is 2.63. The van der Waals surface area contributed by atoms with Gasteiger partial charge in [0.2, 0.25) is 0 Å². The standard InChI is InChI=1S/C9H13NOS/c1-2-8(6-11-4-1)10-9-3-5-12-7-9/h3,5,7-8,10H,1-2,4,6H2. The molecule has 1 atom stereocenters. The molecule has 1 saturated heterocycles. The first-order chi connectivity index (χ1) is 5.95. The van der Waals surface area contributed by atoms with Crippen LogP contribution in [-0.4, -0.2) is 19.3 Å². The molecule has 2 rings (SSSR count). The van der Waals surface area contributed by atoms with Crippen LogP contribution < -0.4 is 5.32 Å². The zero-order valence-electron chi connectivity index (χ0n) is 6.95. The SMILES string of the molecule is c1cc(NC2CCCOC2)cs1. The van der Waals surface area contributed by atoms with Crippen molar-refractivity contribution in [1.82, 2.24) is 0 Å².